The van der Waals surface area contributed by atoms with Crippen molar-refractivity contribution in [2.75, 3.05) is 0 Å². The van der Waals surface area contributed by atoms with Crippen LogP contribution in [0.2, 0.25) is 5.02 Å². The molecule has 0 aliphatic carbocycles. The van der Waals surface area contributed by atoms with Gasteiger partial charge in [0.1, 0.15) is 5.82 Å². The summed E-state index contributed by atoms with van der Waals surface area (Å²) in [5.74, 6) is 1.02. The maximum atomic E-state index is 6.17. The highest BCUT2D eigenvalue weighted by molar-refractivity contribution is 7.10. The fourth-order valence-corrected chi connectivity index (χ4v) is 4.04. The van der Waals surface area contributed by atoms with Crippen LogP contribution < -0.4 is 5.32 Å². The van der Waals surface area contributed by atoms with Gasteiger partial charge >= 0.3 is 0 Å². The number of nitrogens with zero attached hydrogens (tertiary/aromatic N) is 2. The third-order valence-corrected chi connectivity index (χ3v) is 5.80. The van der Waals surface area contributed by atoms with Gasteiger partial charge in [-0.2, -0.15) is 0 Å². The molecule has 0 fully saturated rings. The molecule has 26 heavy (non-hydrogen) atoms. The van der Waals surface area contributed by atoms with E-state index in [1.807, 2.05) is 18.2 Å². The Labute approximate surface area is 162 Å². The lowest BCUT2D eigenvalue weighted by molar-refractivity contribution is 0.552. The van der Waals surface area contributed by atoms with Gasteiger partial charge in [-0.05, 0) is 42.1 Å². The van der Waals surface area contributed by atoms with E-state index in [-0.39, 0.29) is 0 Å². The largest absolute Gasteiger partial charge is 0.322 e. The van der Waals surface area contributed by atoms with E-state index in [4.69, 9.17) is 16.6 Å². The fourth-order valence-electron chi connectivity index (χ4n) is 3.11. The zero-order valence-corrected chi connectivity index (χ0v) is 16.1. The van der Waals surface area contributed by atoms with E-state index in [2.05, 4.69) is 64.7 Å². The molecule has 1 unspecified atom stereocenters. The Kier molecular flexibility index (Phi) is 5.07. The number of halogens is 1. The molecule has 0 amide bonds. The number of benzene rings is 2. The molecule has 0 aliphatic heterocycles. The van der Waals surface area contributed by atoms with Crippen LogP contribution in [0.4, 0.5) is 0 Å². The SMILES string of the molecule is CC(NCc1nc2cc(Cl)ccc2n1Cc1ccccc1)c1cccs1. The lowest BCUT2D eigenvalue weighted by Crippen LogP contribution is -2.20. The summed E-state index contributed by atoms with van der Waals surface area (Å²) in [4.78, 5) is 6.17. The van der Waals surface area contributed by atoms with Crippen molar-refractivity contribution in [1.82, 2.24) is 14.9 Å². The van der Waals surface area contributed by atoms with Crippen molar-refractivity contribution >= 4 is 34.0 Å². The highest BCUT2D eigenvalue weighted by Gasteiger charge is 2.13. The number of thiophene rings is 1. The maximum Gasteiger partial charge on any atom is 0.124 e. The highest BCUT2D eigenvalue weighted by atomic mass is 35.5. The number of hydrogen-bond donors (Lipinski definition) is 1. The number of imidazole rings is 1. The molecule has 2 aromatic carbocycles. The van der Waals surface area contributed by atoms with Gasteiger partial charge in [-0.3, -0.25) is 0 Å². The smallest absolute Gasteiger partial charge is 0.124 e. The molecular weight excluding hydrogens is 362 g/mol. The van der Waals surface area contributed by atoms with Crippen LogP contribution in [0.3, 0.4) is 0 Å². The van der Waals surface area contributed by atoms with Crippen molar-refractivity contribution in [3.05, 3.63) is 87.3 Å². The van der Waals surface area contributed by atoms with Crippen LogP contribution in [-0.4, -0.2) is 9.55 Å². The number of fused-ring (bicyclic) bond motifs is 1. The van der Waals surface area contributed by atoms with E-state index >= 15 is 0 Å². The van der Waals surface area contributed by atoms with Gasteiger partial charge in [0.05, 0.1) is 17.6 Å². The minimum Gasteiger partial charge on any atom is -0.322 e. The van der Waals surface area contributed by atoms with E-state index in [0.29, 0.717) is 17.6 Å². The lowest BCUT2D eigenvalue weighted by Gasteiger charge is -2.14. The third-order valence-electron chi connectivity index (χ3n) is 4.51. The molecule has 4 aromatic rings. The van der Waals surface area contributed by atoms with Gasteiger partial charge in [0, 0.05) is 22.5 Å². The van der Waals surface area contributed by atoms with Crippen LogP contribution in [0.15, 0.2) is 66.0 Å². The molecule has 0 bridgehead atoms. The van der Waals surface area contributed by atoms with Crippen molar-refractivity contribution in [2.24, 2.45) is 0 Å². The summed E-state index contributed by atoms with van der Waals surface area (Å²) >= 11 is 7.94. The van der Waals surface area contributed by atoms with Crippen molar-refractivity contribution in [3.8, 4) is 0 Å². The number of aromatic nitrogens is 2. The van der Waals surface area contributed by atoms with Crippen LogP contribution in [0.1, 0.15) is 29.2 Å². The van der Waals surface area contributed by atoms with E-state index in [1.165, 1.54) is 10.4 Å². The minimum absolute atomic E-state index is 0.295. The van der Waals surface area contributed by atoms with Crippen molar-refractivity contribution < 1.29 is 0 Å². The Morgan fingerprint density at radius 3 is 2.73 bits per heavy atom. The predicted molar refractivity (Wildman–Crippen MR) is 110 cm³/mol. The summed E-state index contributed by atoms with van der Waals surface area (Å²) in [5, 5.41) is 6.42. The van der Waals surface area contributed by atoms with Gasteiger partial charge < -0.3 is 9.88 Å². The molecule has 2 aromatic heterocycles. The van der Waals surface area contributed by atoms with Gasteiger partial charge in [-0.15, -0.1) is 11.3 Å². The van der Waals surface area contributed by atoms with E-state index < -0.39 is 0 Å². The second-order valence-electron chi connectivity index (χ2n) is 6.35. The van der Waals surface area contributed by atoms with Gasteiger partial charge in [-0.25, -0.2) is 4.98 Å². The topological polar surface area (TPSA) is 29.9 Å². The average molecular weight is 382 g/mol. The molecule has 1 N–H and O–H groups in total. The van der Waals surface area contributed by atoms with Crippen molar-refractivity contribution in [2.45, 2.75) is 26.1 Å². The average Bonchev–Trinajstić information content (AvgIpc) is 3.29. The number of rotatable bonds is 6. The Bertz CT molecular complexity index is 993. The van der Waals surface area contributed by atoms with Crippen LogP contribution in [0, 0.1) is 0 Å². The first-order valence-electron chi connectivity index (χ1n) is 8.66. The molecule has 3 nitrogen and oxygen atoms in total. The zero-order chi connectivity index (χ0) is 17.9. The molecule has 0 spiro atoms. The zero-order valence-electron chi connectivity index (χ0n) is 14.5. The van der Waals surface area contributed by atoms with Gasteiger partial charge in [0.25, 0.3) is 0 Å². The number of nitrogens with one attached hydrogen (secondary N) is 1. The first kappa shape index (κ1) is 17.3. The van der Waals surface area contributed by atoms with Crippen molar-refractivity contribution in [3.63, 3.8) is 0 Å². The number of hydrogen-bond acceptors (Lipinski definition) is 3. The van der Waals surface area contributed by atoms with Gasteiger partial charge in [-0.1, -0.05) is 48.0 Å². The highest BCUT2D eigenvalue weighted by Crippen LogP contribution is 2.23. The molecule has 132 valence electrons. The first-order chi connectivity index (χ1) is 12.7. The van der Waals surface area contributed by atoms with E-state index in [1.54, 1.807) is 11.3 Å². The normalized spacial score (nSPS) is 12.5. The fraction of sp³-hybridized carbons (Fsp3) is 0.190. The summed E-state index contributed by atoms with van der Waals surface area (Å²) in [6.45, 7) is 3.69. The molecule has 0 aliphatic rings. The quantitative estimate of drug-likeness (QED) is 0.467. The standard InChI is InChI=1S/C21H20ClN3S/c1-15(20-8-5-11-26-20)23-13-21-24-18-12-17(22)9-10-19(18)25(21)14-16-6-3-2-4-7-16/h2-12,15,23H,13-14H2,1H3. The molecule has 0 radical (unpaired) electrons. The first-order valence-corrected chi connectivity index (χ1v) is 9.92. The van der Waals surface area contributed by atoms with Crippen LogP contribution in [0.5, 0.6) is 0 Å². The summed E-state index contributed by atoms with van der Waals surface area (Å²) < 4.78 is 2.27. The van der Waals surface area contributed by atoms with E-state index in [9.17, 15) is 0 Å². The lowest BCUT2D eigenvalue weighted by atomic mass is 10.2. The van der Waals surface area contributed by atoms with Crippen LogP contribution >= 0.6 is 22.9 Å². The Morgan fingerprint density at radius 2 is 1.96 bits per heavy atom. The molecule has 0 saturated carbocycles. The van der Waals surface area contributed by atoms with Crippen LogP contribution in [0.25, 0.3) is 11.0 Å². The Balaban J connectivity index is 1.65. The second-order valence-corrected chi connectivity index (χ2v) is 7.77. The third kappa shape index (κ3) is 3.68. The predicted octanol–water partition coefficient (Wildman–Crippen LogP) is 5.65. The van der Waals surface area contributed by atoms with Crippen LogP contribution in [-0.2, 0) is 13.1 Å². The summed E-state index contributed by atoms with van der Waals surface area (Å²) in [6.07, 6.45) is 0. The molecule has 2 heterocycles. The summed E-state index contributed by atoms with van der Waals surface area (Å²) in [6, 6.07) is 20.9. The minimum atomic E-state index is 0.295. The van der Waals surface area contributed by atoms with Crippen molar-refractivity contribution in [1.29, 1.82) is 0 Å². The molecule has 0 saturated heterocycles. The monoisotopic (exact) mass is 381 g/mol. The molecule has 1 atom stereocenters. The summed E-state index contributed by atoms with van der Waals surface area (Å²) in [5.41, 5.74) is 3.31. The maximum absolute atomic E-state index is 6.17. The van der Waals surface area contributed by atoms with Gasteiger partial charge in [0.15, 0.2) is 0 Å². The van der Waals surface area contributed by atoms with Gasteiger partial charge in [0.2, 0.25) is 0 Å². The second kappa shape index (κ2) is 7.62. The Morgan fingerprint density at radius 1 is 1.12 bits per heavy atom. The molecule has 5 heteroatoms. The molecule has 4 rings (SSSR count). The Hall–Kier alpha value is -2.14. The van der Waals surface area contributed by atoms with E-state index in [0.717, 1.165) is 23.4 Å². The summed E-state index contributed by atoms with van der Waals surface area (Å²) in [7, 11) is 0. The molecular formula is C21H20ClN3S.